The minimum Gasteiger partial charge on any atom is -0.488 e. The van der Waals surface area contributed by atoms with E-state index in [2.05, 4.69) is 38.1 Å². The molecule has 2 aromatic carbocycles. The highest BCUT2D eigenvalue weighted by Crippen LogP contribution is 2.44. The molecule has 0 saturated heterocycles. The molecule has 2 nitrogen and oxygen atoms in total. The largest absolute Gasteiger partial charge is 0.488 e. The standard InChI is InChI=1S/C18H20O2/c1-12(2)15-9-8-14-10-16(19)17(14)18(15)20-11-13-6-4-3-5-7-13/h3-9,12,16,19H,10-11H2,1-2H3. The van der Waals surface area contributed by atoms with Crippen LogP contribution in [0.25, 0.3) is 0 Å². The van der Waals surface area contributed by atoms with Crippen molar-refractivity contribution in [3.63, 3.8) is 0 Å². The first kappa shape index (κ1) is 13.2. The summed E-state index contributed by atoms with van der Waals surface area (Å²) < 4.78 is 6.06. The second-order valence-electron chi connectivity index (χ2n) is 5.71. The van der Waals surface area contributed by atoms with Crippen molar-refractivity contribution in [3.8, 4) is 5.75 Å². The molecule has 3 rings (SSSR count). The zero-order valence-corrected chi connectivity index (χ0v) is 12.0. The Kier molecular flexibility index (Phi) is 3.49. The molecular weight excluding hydrogens is 248 g/mol. The predicted molar refractivity (Wildman–Crippen MR) is 80.0 cm³/mol. The van der Waals surface area contributed by atoms with Crippen molar-refractivity contribution < 1.29 is 9.84 Å². The summed E-state index contributed by atoms with van der Waals surface area (Å²) in [6.07, 6.45) is 0.379. The van der Waals surface area contributed by atoms with Crippen LogP contribution in [-0.4, -0.2) is 5.11 Å². The molecule has 1 atom stereocenters. The van der Waals surface area contributed by atoms with E-state index in [4.69, 9.17) is 4.74 Å². The van der Waals surface area contributed by atoms with Gasteiger partial charge in [-0.2, -0.15) is 0 Å². The maximum Gasteiger partial charge on any atom is 0.129 e. The monoisotopic (exact) mass is 268 g/mol. The summed E-state index contributed by atoms with van der Waals surface area (Å²) in [5.74, 6) is 1.28. The number of hydrogen-bond donors (Lipinski definition) is 1. The van der Waals surface area contributed by atoms with Gasteiger partial charge in [-0.05, 0) is 22.6 Å². The Morgan fingerprint density at radius 3 is 2.55 bits per heavy atom. The summed E-state index contributed by atoms with van der Waals surface area (Å²) in [5, 5.41) is 10.0. The lowest BCUT2D eigenvalue weighted by Gasteiger charge is -2.30. The number of fused-ring (bicyclic) bond motifs is 1. The highest BCUT2D eigenvalue weighted by atomic mass is 16.5. The molecule has 0 heterocycles. The molecule has 0 aromatic heterocycles. The summed E-state index contributed by atoms with van der Waals surface area (Å²) >= 11 is 0. The maximum atomic E-state index is 10.0. The molecular formula is C18H20O2. The Balaban J connectivity index is 1.90. The van der Waals surface area contributed by atoms with E-state index in [1.165, 1.54) is 11.1 Å². The number of ether oxygens (including phenoxy) is 1. The number of aliphatic hydroxyl groups is 1. The van der Waals surface area contributed by atoms with Gasteiger partial charge in [0.25, 0.3) is 0 Å². The van der Waals surface area contributed by atoms with Crippen LogP contribution in [0, 0.1) is 0 Å². The molecule has 0 amide bonds. The average molecular weight is 268 g/mol. The van der Waals surface area contributed by atoms with Gasteiger partial charge < -0.3 is 9.84 Å². The van der Waals surface area contributed by atoms with Crippen LogP contribution in [0.2, 0.25) is 0 Å². The Morgan fingerprint density at radius 2 is 1.90 bits per heavy atom. The Hall–Kier alpha value is -1.80. The second-order valence-corrected chi connectivity index (χ2v) is 5.71. The molecule has 2 heteroatoms. The van der Waals surface area contributed by atoms with Crippen molar-refractivity contribution in [1.29, 1.82) is 0 Å². The van der Waals surface area contributed by atoms with Gasteiger partial charge in [0.15, 0.2) is 0 Å². The zero-order valence-electron chi connectivity index (χ0n) is 12.0. The summed E-state index contributed by atoms with van der Waals surface area (Å²) in [5.41, 5.74) is 4.53. The van der Waals surface area contributed by atoms with E-state index in [9.17, 15) is 5.11 Å². The first-order chi connectivity index (χ1) is 9.66. The van der Waals surface area contributed by atoms with E-state index in [1.807, 2.05) is 18.2 Å². The summed E-state index contributed by atoms with van der Waals surface area (Å²) in [4.78, 5) is 0. The molecule has 1 unspecified atom stereocenters. The van der Waals surface area contributed by atoms with Gasteiger partial charge >= 0.3 is 0 Å². The molecule has 0 aliphatic heterocycles. The minimum absolute atomic E-state index is 0.366. The fraction of sp³-hybridized carbons (Fsp3) is 0.333. The quantitative estimate of drug-likeness (QED) is 0.909. The van der Waals surface area contributed by atoms with E-state index in [0.29, 0.717) is 12.5 Å². The normalized spacial score (nSPS) is 16.7. The summed E-state index contributed by atoms with van der Waals surface area (Å²) in [6.45, 7) is 4.86. The van der Waals surface area contributed by atoms with Crippen LogP contribution in [0.5, 0.6) is 5.75 Å². The first-order valence-electron chi connectivity index (χ1n) is 7.17. The fourth-order valence-electron chi connectivity index (χ4n) is 2.73. The van der Waals surface area contributed by atoms with Gasteiger partial charge in [-0.3, -0.25) is 0 Å². The van der Waals surface area contributed by atoms with Crippen molar-refractivity contribution in [2.24, 2.45) is 0 Å². The van der Waals surface area contributed by atoms with Crippen molar-refractivity contribution in [2.45, 2.75) is 38.9 Å². The van der Waals surface area contributed by atoms with Gasteiger partial charge in [0.05, 0.1) is 6.10 Å². The Bertz CT molecular complexity index is 602. The SMILES string of the molecule is CC(C)c1ccc2c(c1OCc1ccccc1)C(O)C2. The minimum atomic E-state index is -0.366. The summed E-state index contributed by atoms with van der Waals surface area (Å²) in [6, 6.07) is 14.4. The lowest BCUT2D eigenvalue weighted by atomic mass is 9.81. The molecule has 104 valence electrons. The number of aliphatic hydroxyl groups excluding tert-OH is 1. The van der Waals surface area contributed by atoms with Crippen LogP contribution < -0.4 is 4.74 Å². The Labute approximate surface area is 120 Å². The van der Waals surface area contributed by atoms with E-state index >= 15 is 0 Å². The molecule has 0 radical (unpaired) electrons. The molecule has 0 fully saturated rings. The second kappa shape index (κ2) is 5.29. The average Bonchev–Trinajstić information content (AvgIpc) is 2.44. The number of benzene rings is 2. The van der Waals surface area contributed by atoms with E-state index < -0.39 is 0 Å². The van der Waals surface area contributed by atoms with Crippen LogP contribution >= 0.6 is 0 Å². The fourth-order valence-corrected chi connectivity index (χ4v) is 2.73. The van der Waals surface area contributed by atoms with Crippen molar-refractivity contribution in [2.75, 3.05) is 0 Å². The lowest BCUT2D eigenvalue weighted by molar-refractivity contribution is 0.145. The molecule has 1 aliphatic carbocycles. The van der Waals surface area contributed by atoms with Gasteiger partial charge in [-0.25, -0.2) is 0 Å². The third-order valence-corrected chi connectivity index (χ3v) is 3.91. The smallest absolute Gasteiger partial charge is 0.129 e. The molecule has 0 saturated carbocycles. The molecule has 1 aliphatic rings. The van der Waals surface area contributed by atoms with E-state index in [-0.39, 0.29) is 6.10 Å². The van der Waals surface area contributed by atoms with Gasteiger partial charge in [-0.15, -0.1) is 0 Å². The van der Waals surface area contributed by atoms with E-state index in [1.54, 1.807) is 0 Å². The number of rotatable bonds is 4. The van der Waals surface area contributed by atoms with Crippen LogP contribution in [0.3, 0.4) is 0 Å². The Morgan fingerprint density at radius 1 is 1.15 bits per heavy atom. The van der Waals surface area contributed by atoms with Crippen molar-refractivity contribution in [3.05, 3.63) is 64.7 Å². The summed E-state index contributed by atoms with van der Waals surface area (Å²) in [7, 11) is 0. The van der Waals surface area contributed by atoms with Crippen LogP contribution in [0.4, 0.5) is 0 Å². The zero-order chi connectivity index (χ0) is 14.1. The topological polar surface area (TPSA) is 29.5 Å². The first-order valence-corrected chi connectivity index (χ1v) is 7.17. The third-order valence-electron chi connectivity index (χ3n) is 3.91. The molecule has 2 aromatic rings. The van der Waals surface area contributed by atoms with Crippen LogP contribution in [-0.2, 0) is 13.0 Å². The van der Waals surface area contributed by atoms with Gasteiger partial charge in [0, 0.05) is 12.0 Å². The predicted octanol–water partition coefficient (Wildman–Crippen LogP) is 3.98. The van der Waals surface area contributed by atoms with Crippen molar-refractivity contribution in [1.82, 2.24) is 0 Å². The van der Waals surface area contributed by atoms with E-state index in [0.717, 1.165) is 23.3 Å². The van der Waals surface area contributed by atoms with Gasteiger partial charge in [-0.1, -0.05) is 56.3 Å². The molecule has 0 bridgehead atoms. The highest BCUT2D eigenvalue weighted by molar-refractivity contribution is 5.54. The van der Waals surface area contributed by atoms with Gasteiger partial charge in [0.1, 0.15) is 12.4 Å². The van der Waals surface area contributed by atoms with Crippen LogP contribution in [0.15, 0.2) is 42.5 Å². The molecule has 20 heavy (non-hydrogen) atoms. The highest BCUT2D eigenvalue weighted by Gasteiger charge is 2.30. The molecule has 0 spiro atoms. The van der Waals surface area contributed by atoms with Gasteiger partial charge in [0.2, 0.25) is 0 Å². The lowest BCUT2D eigenvalue weighted by Crippen LogP contribution is -2.19. The molecule has 1 N–H and O–H groups in total. The third kappa shape index (κ3) is 2.32. The van der Waals surface area contributed by atoms with Crippen LogP contribution in [0.1, 0.15) is 48.1 Å². The maximum absolute atomic E-state index is 10.0. The van der Waals surface area contributed by atoms with Crippen molar-refractivity contribution >= 4 is 0 Å². The number of hydrogen-bond acceptors (Lipinski definition) is 2.